The first-order valence-corrected chi connectivity index (χ1v) is 13.4. The van der Waals surface area contributed by atoms with E-state index in [-0.39, 0.29) is 37.3 Å². The van der Waals surface area contributed by atoms with Crippen molar-refractivity contribution < 1.29 is 21.1 Å². The molecule has 2 aliphatic carbocycles. The van der Waals surface area contributed by atoms with E-state index in [1.54, 1.807) is 0 Å². The Bertz CT molecular complexity index is 1410. The van der Waals surface area contributed by atoms with E-state index in [4.69, 9.17) is 4.98 Å². The Morgan fingerprint density at radius 3 is 2.16 bits per heavy atom. The Balaban J connectivity index is 0.000000260. The van der Waals surface area contributed by atoms with E-state index in [9.17, 15) is 0 Å². The van der Waals surface area contributed by atoms with Gasteiger partial charge in [0.25, 0.3) is 0 Å². The first kappa shape index (κ1) is 28.4. The molecule has 4 aromatic heterocycles. The molecule has 0 amide bonds. The van der Waals surface area contributed by atoms with Gasteiger partial charge in [0.15, 0.2) is 0 Å². The molecule has 1 fully saturated rings. The maximum Gasteiger partial charge on any atom is 2.00 e. The van der Waals surface area contributed by atoms with Gasteiger partial charge in [-0.15, -0.1) is 0 Å². The third-order valence-corrected chi connectivity index (χ3v) is 9.03. The van der Waals surface area contributed by atoms with Gasteiger partial charge in [0.1, 0.15) is 0 Å². The Kier molecular flexibility index (Phi) is 7.62. The number of fused-ring (bicyclic) bond motifs is 5. The third kappa shape index (κ3) is 4.49. The number of aromatic nitrogens is 6. The van der Waals surface area contributed by atoms with E-state index in [2.05, 4.69) is 92.9 Å². The summed E-state index contributed by atoms with van der Waals surface area (Å²) in [6.07, 6.45) is 6.96. The van der Waals surface area contributed by atoms with Crippen LogP contribution in [0.2, 0.25) is 0 Å². The van der Waals surface area contributed by atoms with Crippen LogP contribution in [0, 0.1) is 12.3 Å². The predicted molar refractivity (Wildman–Crippen MR) is 147 cm³/mol. The third-order valence-electron chi connectivity index (χ3n) is 9.03. The van der Waals surface area contributed by atoms with E-state index in [0.717, 1.165) is 40.5 Å². The molecule has 4 heterocycles. The minimum atomic E-state index is 0. The van der Waals surface area contributed by atoms with E-state index < -0.39 is 0 Å². The summed E-state index contributed by atoms with van der Waals surface area (Å²) in [7, 11) is 0. The fourth-order valence-electron chi connectivity index (χ4n) is 6.20. The van der Waals surface area contributed by atoms with Crippen molar-refractivity contribution in [2.45, 2.75) is 91.4 Å². The molecule has 4 aromatic rings. The molecule has 2 aliphatic rings. The maximum absolute atomic E-state index is 4.92. The Hall–Kier alpha value is -2.59. The topological polar surface area (TPSA) is 79.8 Å². The van der Waals surface area contributed by atoms with Crippen molar-refractivity contribution in [3.05, 3.63) is 70.8 Å². The maximum atomic E-state index is 4.92. The average molecular weight is 690 g/mol. The number of pyridine rings is 2. The fraction of sp³-hybridized carbons (Fsp3) is 0.484. The van der Waals surface area contributed by atoms with E-state index in [1.165, 1.54) is 29.7 Å². The molecule has 0 aromatic carbocycles. The summed E-state index contributed by atoms with van der Waals surface area (Å²) < 4.78 is 0. The molecule has 1 saturated carbocycles. The van der Waals surface area contributed by atoms with Crippen LogP contribution in [0.4, 0.5) is 0 Å². The molecule has 2 atom stereocenters. The Morgan fingerprint density at radius 2 is 1.58 bits per heavy atom. The first-order valence-electron chi connectivity index (χ1n) is 13.4. The molecule has 6 nitrogen and oxygen atoms in total. The van der Waals surface area contributed by atoms with E-state index >= 15 is 0 Å². The van der Waals surface area contributed by atoms with Crippen LogP contribution in [-0.2, 0) is 38.3 Å². The summed E-state index contributed by atoms with van der Waals surface area (Å²) in [5.74, 6) is 0.514. The van der Waals surface area contributed by atoms with Gasteiger partial charge in [-0.1, -0.05) is 65.9 Å². The van der Waals surface area contributed by atoms with Crippen molar-refractivity contribution in [3.8, 4) is 22.8 Å². The summed E-state index contributed by atoms with van der Waals surface area (Å²) >= 11 is 0. The van der Waals surface area contributed by atoms with Gasteiger partial charge >= 0.3 is 21.1 Å². The van der Waals surface area contributed by atoms with Crippen LogP contribution >= 0.6 is 0 Å². The van der Waals surface area contributed by atoms with Gasteiger partial charge < -0.3 is 20.4 Å². The largest absolute Gasteiger partial charge is 2.00 e. The fourth-order valence-corrected chi connectivity index (χ4v) is 6.20. The molecule has 2 unspecified atom stereocenters. The van der Waals surface area contributed by atoms with E-state index in [0.29, 0.717) is 5.92 Å². The molecule has 7 heteroatoms. The van der Waals surface area contributed by atoms with Crippen molar-refractivity contribution in [2.24, 2.45) is 5.41 Å². The van der Waals surface area contributed by atoms with E-state index in [1.807, 2.05) is 30.6 Å². The number of hydrogen-bond donors (Lipinski definition) is 0. The minimum absolute atomic E-state index is 0. The van der Waals surface area contributed by atoms with Crippen LogP contribution in [-0.4, -0.2) is 20.2 Å². The SMILES string of the molecule is CC(C)(C)c1ccncc1.CCc1n[n-]c(-c2cccc(-c3[n-]nc4c3C3CCC4(C)C3(C)C)n2)c1C.[Pt+2]. The van der Waals surface area contributed by atoms with Crippen molar-refractivity contribution in [1.29, 1.82) is 0 Å². The molecular formula is C31H38N6Pt. The summed E-state index contributed by atoms with van der Waals surface area (Å²) in [6, 6.07) is 10.2. The zero-order valence-electron chi connectivity index (χ0n) is 23.7. The summed E-state index contributed by atoms with van der Waals surface area (Å²) in [4.78, 5) is 8.88. The second-order valence-corrected chi connectivity index (χ2v) is 12.3. The normalized spacial score (nSPS) is 20.9. The molecule has 0 radical (unpaired) electrons. The second kappa shape index (κ2) is 10.2. The van der Waals surface area contributed by atoms with Gasteiger partial charge in [-0.05, 0) is 83.9 Å². The summed E-state index contributed by atoms with van der Waals surface area (Å²) in [5.41, 5.74) is 10.2. The predicted octanol–water partition coefficient (Wildman–Crippen LogP) is 6.54. The van der Waals surface area contributed by atoms with Crippen LogP contribution in [0.3, 0.4) is 0 Å². The standard InChI is InChI=1S/C22H25N5.C9H13N.Pt/c1-6-14-12(2)18(25-24-14)15-8-7-9-16(23-15)19-17-13-10-11-22(5,21(13,3)4)20(17)27-26-19;1-9(2,3)8-4-6-10-7-5-8;/h7-9,13H,6,10-11H2,1-5H3;4-7H,1-3H3;/q-2;;+2. The van der Waals surface area contributed by atoms with Gasteiger partial charge in [0.2, 0.25) is 0 Å². The molecule has 0 saturated heterocycles. The van der Waals surface area contributed by atoms with Gasteiger partial charge in [-0.3, -0.25) is 9.97 Å². The van der Waals surface area contributed by atoms with Crippen molar-refractivity contribution in [2.75, 3.05) is 0 Å². The number of nitrogens with zero attached hydrogens (tertiary/aromatic N) is 6. The molecular weight excluding hydrogens is 651 g/mol. The molecule has 0 N–H and O–H groups in total. The quantitative estimate of drug-likeness (QED) is 0.243. The Labute approximate surface area is 241 Å². The van der Waals surface area contributed by atoms with Crippen LogP contribution < -0.4 is 10.2 Å². The van der Waals surface area contributed by atoms with Crippen LogP contribution in [0.5, 0.6) is 0 Å². The van der Waals surface area contributed by atoms with Crippen LogP contribution in [0.25, 0.3) is 22.8 Å². The number of aryl methyl sites for hydroxylation is 1. The zero-order chi connectivity index (χ0) is 26.6. The number of rotatable bonds is 3. The van der Waals surface area contributed by atoms with Crippen molar-refractivity contribution in [1.82, 2.24) is 30.4 Å². The van der Waals surface area contributed by atoms with Gasteiger partial charge in [0.05, 0.1) is 11.4 Å². The summed E-state index contributed by atoms with van der Waals surface area (Å²) in [5, 5.41) is 17.9. The molecule has 202 valence electrons. The minimum Gasteiger partial charge on any atom is -0.573 e. The zero-order valence-corrected chi connectivity index (χ0v) is 26.0. The summed E-state index contributed by atoms with van der Waals surface area (Å²) in [6.45, 7) is 17.9. The average Bonchev–Trinajstić information content (AvgIpc) is 3.57. The Morgan fingerprint density at radius 1 is 0.947 bits per heavy atom. The molecule has 38 heavy (non-hydrogen) atoms. The monoisotopic (exact) mass is 689 g/mol. The van der Waals surface area contributed by atoms with Gasteiger partial charge in [-0.25, -0.2) is 0 Å². The number of hydrogen-bond acceptors (Lipinski definition) is 4. The van der Waals surface area contributed by atoms with Crippen molar-refractivity contribution >= 4 is 0 Å². The second-order valence-electron chi connectivity index (χ2n) is 12.3. The van der Waals surface area contributed by atoms with Crippen LogP contribution in [0.1, 0.15) is 95.3 Å². The van der Waals surface area contributed by atoms with Gasteiger partial charge in [-0.2, -0.15) is 0 Å². The molecule has 2 bridgehead atoms. The first-order chi connectivity index (χ1) is 17.5. The molecule has 6 rings (SSSR count). The van der Waals surface area contributed by atoms with Gasteiger partial charge in [0, 0.05) is 29.2 Å². The molecule has 0 aliphatic heterocycles. The van der Waals surface area contributed by atoms with Crippen molar-refractivity contribution in [3.63, 3.8) is 0 Å². The molecule has 0 spiro atoms. The van der Waals surface area contributed by atoms with Crippen LogP contribution in [0.15, 0.2) is 42.7 Å². The smallest absolute Gasteiger partial charge is 0.573 e.